The molecular weight excluding hydrogens is 202 g/mol. The second-order valence-corrected chi connectivity index (χ2v) is 4.71. The van der Waals surface area contributed by atoms with E-state index in [-0.39, 0.29) is 0 Å². The second kappa shape index (κ2) is 5.46. The Morgan fingerprint density at radius 1 is 1.44 bits per heavy atom. The molecule has 90 valence electrons. The van der Waals surface area contributed by atoms with Crippen LogP contribution < -0.4 is 5.32 Å². The second-order valence-electron chi connectivity index (χ2n) is 4.71. The Kier molecular flexibility index (Phi) is 3.96. The van der Waals surface area contributed by atoms with E-state index < -0.39 is 0 Å². The molecular formula is C12H21N3O. The van der Waals surface area contributed by atoms with E-state index in [0.717, 1.165) is 44.3 Å². The number of oxazole rings is 1. The first kappa shape index (κ1) is 11.6. The Balaban J connectivity index is 1.91. The van der Waals surface area contributed by atoms with Gasteiger partial charge in [0, 0.05) is 25.6 Å². The smallest absolute Gasteiger partial charge is 0.196 e. The summed E-state index contributed by atoms with van der Waals surface area (Å²) in [6.45, 7) is 9.58. The van der Waals surface area contributed by atoms with E-state index in [2.05, 4.69) is 29.0 Å². The number of hydrogen-bond acceptors (Lipinski definition) is 4. The molecule has 4 heteroatoms. The summed E-state index contributed by atoms with van der Waals surface area (Å²) in [5, 5.41) is 3.40. The third kappa shape index (κ3) is 3.06. The quantitative estimate of drug-likeness (QED) is 0.845. The fourth-order valence-corrected chi connectivity index (χ4v) is 1.95. The third-order valence-corrected chi connectivity index (χ3v) is 2.88. The minimum absolute atomic E-state index is 0.375. The summed E-state index contributed by atoms with van der Waals surface area (Å²) < 4.78 is 5.45. The molecule has 0 radical (unpaired) electrons. The highest BCUT2D eigenvalue weighted by Gasteiger charge is 2.12. The molecule has 0 aliphatic carbocycles. The topological polar surface area (TPSA) is 41.3 Å². The molecule has 2 heterocycles. The van der Waals surface area contributed by atoms with Crippen molar-refractivity contribution in [3.63, 3.8) is 0 Å². The van der Waals surface area contributed by atoms with Crippen LogP contribution in [0, 0.1) is 0 Å². The molecule has 1 aliphatic heterocycles. The van der Waals surface area contributed by atoms with Crippen molar-refractivity contribution in [2.75, 3.05) is 26.2 Å². The maximum Gasteiger partial charge on any atom is 0.196 e. The van der Waals surface area contributed by atoms with Crippen LogP contribution in [0.15, 0.2) is 10.7 Å². The lowest BCUT2D eigenvalue weighted by atomic mass is 10.2. The van der Waals surface area contributed by atoms with Gasteiger partial charge >= 0.3 is 0 Å². The standard InChI is InChI=1S/C12H21N3O/c1-10(2)12-14-11(9-16-12)8-15-6-3-4-13-5-7-15/h9-10,13H,3-8H2,1-2H3. The van der Waals surface area contributed by atoms with Gasteiger partial charge in [0.25, 0.3) is 0 Å². The van der Waals surface area contributed by atoms with Crippen LogP contribution in [0.2, 0.25) is 0 Å². The SMILES string of the molecule is CC(C)c1nc(CN2CCCNCC2)co1. The van der Waals surface area contributed by atoms with E-state index in [1.807, 2.05) is 0 Å². The summed E-state index contributed by atoms with van der Waals surface area (Å²) in [5.74, 6) is 1.22. The minimum atomic E-state index is 0.375. The van der Waals surface area contributed by atoms with E-state index in [9.17, 15) is 0 Å². The van der Waals surface area contributed by atoms with Gasteiger partial charge in [0.15, 0.2) is 5.89 Å². The number of rotatable bonds is 3. The maximum absolute atomic E-state index is 5.45. The zero-order valence-corrected chi connectivity index (χ0v) is 10.2. The molecule has 0 spiro atoms. The molecule has 0 unspecified atom stereocenters. The van der Waals surface area contributed by atoms with Gasteiger partial charge in [-0.05, 0) is 19.5 Å². The molecule has 0 amide bonds. The van der Waals surface area contributed by atoms with Crippen LogP contribution in [0.4, 0.5) is 0 Å². The van der Waals surface area contributed by atoms with E-state index in [1.54, 1.807) is 6.26 Å². The van der Waals surface area contributed by atoms with Crippen molar-refractivity contribution in [3.05, 3.63) is 17.8 Å². The molecule has 0 bridgehead atoms. The predicted octanol–water partition coefficient (Wildman–Crippen LogP) is 1.59. The lowest BCUT2D eigenvalue weighted by Crippen LogP contribution is -2.27. The van der Waals surface area contributed by atoms with Gasteiger partial charge in [-0.1, -0.05) is 13.8 Å². The number of hydrogen-bond donors (Lipinski definition) is 1. The van der Waals surface area contributed by atoms with Gasteiger partial charge < -0.3 is 9.73 Å². The summed E-state index contributed by atoms with van der Waals surface area (Å²) in [4.78, 5) is 6.94. The monoisotopic (exact) mass is 223 g/mol. The van der Waals surface area contributed by atoms with Crippen molar-refractivity contribution in [3.8, 4) is 0 Å². The Bertz CT molecular complexity index is 314. The van der Waals surface area contributed by atoms with Gasteiger partial charge in [-0.3, -0.25) is 4.90 Å². The van der Waals surface area contributed by atoms with Gasteiger partial charge in [0.1, 0.15) is 6.26 Å². The van der Waals surface area contributed by atoms with Crippen molar-refractivity contribution in [2.45, 2.75) is 32.7 Å². The number of nitrogens with zero attached hydrogens (tertiary/aromatic N) is 2. The first-order valence-corrected chi connectivity index (χ1v) is 6.13. The average molecular weight is 223 g/mol. The van der Waals surface area contributed by atoms with Gasteiger partial charge in [0.2, 0.25) is 0 Å². The number of nitrogens with one attached hydrogen (secondary N) is 1. The molecule has 1 aromatic rings. The first-order chi connectivity index (χ1) is 7.75. The normalized spacial score (nSPS) is 18.9. The van der Waals surface area contributed by atoms with E-state index in [0.29, 0.717) is 5.92 Å². The van der Waals surface area contributed by atoms with Gasteiger partial charge in [-0.25, -0.2) is 4.98 Å². The molecule has 1 aliphatic rings. The van der Waals surface area contributed by atoms with Crippen LogP contribution in [0.5, 0.6) is 0 Å². The third-order valence-electron chi connectivity index (χ3n) is 2.88. The average Bonchev–Trinajstić information content (AvgIpc) is 2.56. The van der Waals surface area contributed by atoms with Crippen molar-refractivity contribution in [1.29, 1.82) is 0 Å². The molecule has 1 fully saturated rings. The summed E-state index contributed by atoms with van der Waals surface area (Å²) in [6.07, 6.45) is 3.02. The fourth-order valence-electron chi connectivity index (χ4n) is 1.95. The highest BCUT2D eigenvalue weighted by Crippen LogP contribution is 2.14. The van der Waals surface area contributed by atoms with E-state index >= 15 is 0 Å². The molecule has 1 N–H and O–H groups in total. The van der Waals surface area contributed by atoms with Crippen LogP contribution in [-0.4, -0.2) is 36.1 Å². The minimum Gasteiger partial charge on any atom is -0.448 e. The molecule has 1 aromatic heterocycles. The van der Waals surface area contributed by atoms with Gasteiger partial charge in [0.05, 0.1) is 5.69 Å². The predicted molar refractivity (Wildman–Crippen MR) is 63.4 cm³/mol. The van der Waals surface area contributed by atoms with Crippen LogP contribution in [0.25, 0.3) is 0 Å². The lowest BCUT2D eigenvalue weighted by molar-refractivity contribution is 0.281. The maximum atomic E-state index is 5.45. The summed E-state index contributed by atoms with van der Waals surface area (Å²) in [5.41, 5.74) is 1.06. The zero-order chi connectivity index (χ0) is 11.4. The fraction of sp³-hybridized carbons (Fsp3) is 0.750. The van der Waals surface area contributed by atoms with Crippen LogP contribution in [0.1, 0.15) is 37.8 Å². The Hall–Kier alpha value is -0.870. The highest BCUT2D eigenvalue weighted by atomic mass is 16.3. The highest BCUT2D eigenvalue weighted by molar-refractivity contribution is 4.99. The molecule has 2 rings (SSSR count). The summed E-state index contributed by atoms with van der Waals surface area (Å²) >= 11 is 0. The van der Waals surface area contributed by atoms with Gasteiger partial charge in [-0.2, -0.15) is 0 Å². The Morgan fingerprint density at radius 3 is 3.06 bits per heavy atom. The molecule has 0 saturated carbocycles. The summed E-state index contributed by atoms with van der Waals surface area (Å²) in [6, 6.07) is 0. The molecule has 0 atom stereocenters. The molecule has 0 aromatic carbocycles. The lowest BCUT2D eigenvalue weighted by Gasteiger charge is -2.17. The summed E-state index contributed by atoms with van der Waals surface area (Å²) in [7, 11) is 0. The first-order valence-electron chi connectivity index (χ1n) is 6.13. The van der Waals surface area contributed by atoms with Crippen molar-refractivity contribution in [2.24, 2.45) is 0 Å². The van der Waals surface area contributed by atoms with Crippen molar-refractivity contribution < 1.29 is 4.42 Å². The van der Waals surface area contributed by atoms with Crippen LogP contribution >= 0.6 is 0 Å². The van der Waals surface area contributed by atoms with E-state index in [4.69, 9.17) is 4.42 Å². The van der Waals surface area contributed by atoms with Gasteiger partial charge in [-0.15, -0.1) is 0 Å². The Labute approximate surface area is 97.0 Å². The molecule has 16 heavy (non-hydrogen) atoms. The van der Waals surface area contributed by atoms with Crippen molar-refractivity contribution >= 4 is 0 Å². The van der Waals surface area contributed by atoms with Crippen LogP contribution in [-0.2, 0) is 6.54 Å². The zero-order valence-electron chi connectivity index (χ0n) is 10.2. The molecule has 1 saturated heterocycles. The van der Waals surface area contributed by atoms with Crippen LogP contribution in [0.3, 0.4) is 0 Å². The number of aromatic nitrogens is 1. The van der Waals surface area contributed by atoms with E-state index in [1.165, 1.54) is 6.42 Å². The molecule has 4 nitrogen and oxygen atoms in total. The largest absolute Gasteiger partial charge is 0.448 e. The Morgan fingerprint density at radius 2 is 2.31 bits per heavy atom. The van der Waals surface area contributed by atoms with Crippen molar-refractivity contribution in [1.82, 2.24) is 15.2 Å².